The van der Waals surface area contributed by atoms with Crippen molar-refractivity contribution < 1.29 is 0 Å². The summed E-state index contributed by atoms with van der Waals surface area (Å²) >= 11 is 0. The first kappa shape index (κ1) is 19.0. The summed E-state index contributed by atoms with van der Waals surface area (Å²) < 4.78 is 0. The van der Waals surface area contributed by atoms with Crippen molar-refractivity contribution in [3.63, 3.8) is 0 Å². The summed E-state index contributed by atoms with van der Waals surface area (Å²) in [7, 11) is 0. The van der Waals surface area contributed by atoms with E-state index >= 15 is 0 Å². The van der Waals surface area contributed by atoms with Crippen LogP contribution in [0.5, 0.6) is 0 Å². The van der Waals surface area contributed by atoms with Gasteiger partial charge in [0.15, 0.2) is 0 Å². The van der Waals surface area contributed by atoms with Crippen LogP contribution < -0.4 is 0 Å². The molecule has 6 atom stereocenters. The Morgan fingerprint density at radius 2 is 0.900 bits per heavy atom. The molecule has 0 aromatic heterocycles. The fourth-order valence-corrected chi connectivity index (χ4v) is 6.89. The quantitative estimate of drug-likeness (QED) is 0.754. The summed E-state index contributed by atoms with van der Waals surface area (Å²) in [6.07, 6.45) is 3.47. The molecular weight excluding hydrogens is 368 g/mol. The molecule has 0 saturated carbocycles. The summed E-state index contributed by atoms with van der Waals surface area (Å²) in [5.74, 6) is 0. The van der Waals surface area contributed by atoms with Crippen LogP contribution in [0.3, 0.4) is 0 Å². The number of hydrogen-bond donors (Lipinski definition) is 0. The van der Waals surface area contributed by atoms with Crippen LogP contribution in [-0.2, 0) is 0 Å². The van der Waals surface area contributed by atoms with E-state index in [1.807, 2.05) is 0 Å². The van der Waals surface area contributed by atoms with Crippen molar-refractivity contribution in [2.75, 3.05) is 26.2 Å². The summed E-state index contributed by atoms with van der Waals surface area (Å²) in [6, 6.07) is 24.9. The fourth-order valence-electron chi connectivity index (χ4n) is 6.89. The minimum atomic E-state index is 0.496. The van der Waals surface area contributed by atoms with Crippen molar-refractivity contribution in [3.05, 3.63) is 71.8 Å². The molecule has 0 N–H and O–H groups in total. The van der Waals surface area contributed by atoms with E-state index in [0.717, 1.165) is 0 Å². The molecule has 0 radical (unpaired) electrons. The number of rotatable bonds is 2. The van der Waals surface area contributed by atoms with Crippen LogP contribution in [0, 0.1) is 0 Å². The van der Waals surface area contributed by atoms with Crippen molar-refractivity contribution in [1.82, 2.24) is 19.6 Å². The molecule has 2 aromatic carbocycles. The Kier molecular flexibility index (Phi) is 4.72. The highest BCUT2D eigenvalue weighted by Crippen LogP contribution is 2.47. The highest BCUT2D eigenvalue weighted by atomic mass is 15.6. The van der Waals surface area contributed by atoms with Gasteiger partial charge in [0.05, 0.1) is 12.3 Å². The van der Waals surface area contributed by atoms with E-state index in [0.29, 0.717) is 36.5 Å². The number of nitrogens with zero attached hydrogens (tertiary/aromatic N) is 4. The molecule has 6 rings (SSSR count). The second-order valence-electron chi connectivity index (χ2n) is 9.80. The maximum absolute atomic E-state index is 2.85. The molecule has 4 heteroatoms. The zero-order chi connectivity index (χ0) is 20.2. The van der Waals surface area contributed by atoms with Gasteiger partial charge >= 0.3 is 0 Å². The van der Waals surface area contributed by atoms with Crippen LogP contribution in [-0.4, -0.2) is 70.2 Å². The Morgan fingerprint density at radius 1 is 0.533 bits per heavy atom. The minimum absolute atomic E-state index is 0.496. The van der Waals surface area contributed by atoms with E-state index in [1.54, 1.807) is 0 Å². The predicted molar refractivity (Wildman–Crippen MR) is 121 cm³/mol. The molecule has 0 unspecified atom stereocenters. The molecule has 4 aliphatic heterocycles. The molecule has 0 amide bonds. The molecule has 4 heterocycles. The zero-order valence-corrected chi connectivity index (χ0v) is 18.3. The van der Waals surface area contributed by atoms with Crippen molar-refractivity contribution in [1.29, 1.82) is 0 Å². The van der Waals surface area contributed by atoms with Gasteiger partial charge in [0, 0.05) is 50.3 Å². The van der Waals surface area contributed by atoms with E-state index in [-0.39, 0.29) is 0 Å². The molecule has 4 aliphatic rings. The average molecular weight is 403 g/mol. The molecule has 4 saturated heterocycles. The maximum Gasteiger partial charge on any atom is 0.0930 e. The number of piperazine rings is 2. The molecule has 0 aliphatic carbocycles. The Balaban J connectivity index is 1.39. The maximum atomic E-state index is 2.85. The lowest BCUT2D eigenvalue weighted by atomic mass is 9.85. The topological polar surface area (TPSA) is 13.0 Å². The summed E-state index contributed by atoms with van der Waals surface area (Å²) in [5.41, 5.74) is 3.00. The van der Waals surface area contributed by atoms with Gasteiger partial charge < -0.3 is 0 Å². The Labute approximate surface area is 181 Å². The van der Waals surface area contributed by atoms with Gasteiger partial charge in [0.2, 0.25) is 0 Å². The fraction of sp³-hybridized carbons (Fsp3) is 0.538. The predicted octanol–water partition coefficient (Wildman–Crippen LogP) is 3.94. The summed E-state index contributed by atoms with van der Waals surface area (Å²) in [5, 5.41) is 0. The van der Waals surface area contributed by atoms with E-state index in [1.165, 1.54) is 50.1 Å². The van der Waals surface area contributed by atoms with E-state index in [4.69, 9.17) is 0 Å². The van der Waals surface area contributed by atoms with Gasteiger partial charge in [0.1, 0.15) is 0 Å². The van der Waals surface area contributed by atoms with Crippen LogP contribution in [0.1, 0.15) is 49.9 Å². The van der Waals surface area contributed by atoms with E-state index in [9.17, 15) is 0 Å². The second-order valence-corrected chi connectivity index (χ2v) is 9.80. The zero-order valence-electron chi connectivity index (χ0n) is 18.3. The molecular formula is C26H34N4. The Bertz CT molecular complexity index is 798. The molecule has 4 fully saturated rings. The van der Waals surface area contributed by atoms with Gasteiger partial charge in [-0.15, -0.1) is 0 Å². The van der Waals surface area contributed by atoms with E-state index < -0.39 is 0 Å². The molecule has 30 heavy (non-hydrogen) atoms. The van der Waals surface area contributed by atoms with Crippen molar-refractivity contribution in [2.24, 2.45) is 0 Å². The lowest BCUT2D eigenvalue weighted by Gasteiger charge is -2.67. The Hall–Kier alpha value is -1.72. The van der Waals surface area contributed by atoms with Crippen LogP contribution >= 0.6 is 0 Å². The lowest BCUT2D eigenvalue weighted by Crippen LogP contribution is -2.79. The molecule has 4 nitrogen and oxygen atoms in total. The normalized spacial score (nSPS) is 37.7. The second kappa shape index (κ2) is 7.45. The Morgan fingerprint density at radius 3 is 1.30 bits per heavy atom. The highest BCUT2D eigenvalue weighted by molar-refractivity contribution is 5.24. The monoisotopic (exact) mass is 402 g/mol. The first-order valence-corrected chi connectivity index (χ1v) is 11.9. The minimum Gasteiger partial charge on any atom is -0.281 e. The molecule has 2 aromatic rings. The van der Waals surface area contributed by atoms with Crippen molar-refractivity contribution in [3.8, 4) is 0 Å². The third kappa shape index (κ3) is 2.89. The van der Waals surface area contributed by atoms with Crippen molar-refractivity contribution in [2.45, 2.75) is 63.2 Å². The van der Waals surface area contributed by atoms with Crippen LogP contribution in [0.2, 0.25) is 0 Å². The van der Waals surface area contributed by atoms with Crippen LogP contribution in [0.15, 0.2) is 60.7 Å². The standard InChI is InChI=1S/C26H34N4/c1-19-17-23(21-9-5-3-6-10-21)29-16-14-28-20(2)18-24(22-11-7-4-8-12-22)30-15-13-27(19)25(29)26(28)30/h3-12,19-20,23-26H,13-18H2,1-2H3/t19-,20+,23-,24+,25-,26-/m0/s1. The summed E-state index contributed by atoms with van der Waals surface area (Å²) in [4.78, 5) is 11.4. The summed E-state index contributed by atoms with van der Waals surface area (Å²) in [6.45, 7) is 9.65. The van der Waals surface area contributed by atoms with Gasteiger partial charge in [-0.1, -0.05) is 60.7 Å². The third-order valence-electron chi connectivity index (χ3n) is 8.29. The number of hydrogen-bond acceptors (Lipinski definition) is 4. The largest absolute Gasteiger partial charge is 0.281 e. The van der Waals surface area contributed by atoms with Gasteiger partial charge in [-0.25, -0.2) is 0 Å². The van der Waals surface area contributed by atoms with E-state index in [2.05, 4.69) is 94.1 Å². The van der Waals surface area contributed by atoms with Gasteiger partial charge in [-0.05, 0) is 37.8 Å². The van der Waals surface area contributed by atoms with Gasteiger partial charge in [0.25, 0.3) is 0 Å². The van der Waals surface area contributed by atoms with Crippen molar-refractivity contribution >= 4 is 0 Å². The first-order valence-electron chi connectivity index (χ1n) is 11.9. The molecule has 0 bridgehead atoms. The highest BCUT2D eigenvalue weighted by Gasteiger charge is 2.55. The van der Waals surface area contributed by atoms with Crippen LogP contribution in [0.25, 0.3) is 0 Å². The molecule has 0 spiro atoms. The SMILES string of the molecule is C[C@@H]1C[C@H](c2ccccc2)N2CCN3[C@@H]4[C@H]2N1CCN4[C@H](c1ccccc1)C[C@@H]3C. The number of benzene rings is 2. The first-order chi connectivity index (χ1) is 14.7. The van der Waals surface area contributed by atoms with Gasteiger partial charge in [-0.3, -0.25) is 19.6 Å². The smallest absolute Gasteiger partial charge is 0.0930 e. The lowest BCUT2D eigenvalue weighted by molar-refractivity contribution is -0.230. The third-order valence-corrected chi connectivity index (χ3v) is 8.29. The average Bonchev–Trinajstić information content (AvgIpc) is 2.80. The van der Waals surface area contributed by atoms with Crippen LogP contribution in [0.4, 0.5) is 0 Å². The molecule has 158 valence electrons. The van der Waals surface area contributed by atoms with Gasteiger partial charge in [-0.2, -0.15) is 0 Å².